The molecule has 2 aromatic heterocycles. The van der Waals surface area contributed by atoms with Crippen LogP contribution in [0.3, 0.4) is 0 Å². The molecule has 1 saturated heterocycles. The van der Waals surface area contributed by atoms with Crippen LogP contribution in [0.25, 0.3) is 5.00 Å². The molecule has 0 unspecified atom stereocenters. The maximum atomic E-state index is 13.0. The monoisotopic (exact) mass is 316 g/mol. The second kappa shape index (κ2) is 5.56. The molecule has 0 radical (unpaired) electrons. The molecule has 1 amide bonds. The van der Waals surface area contributed by atoms with Gasteiger partial charge in [0.2, 0.25) is 0 Å². The van der Waals surface area contributed by atoms with Crippen molar-refractivity contribution in [1.29, 1.82) is 0 Å². The average molecular weight is 316 g/mol. The van der Waals surface area contributed by atoms with Crippen molar-refractivity contribution in [3.05, 3.63) is 40.5 Å². The van der Waals surface area contributed by atoms with Gasteiger partial charge in [-0.3, -0.25) is 4.79 Å². The Bertz CT molecular complexity index is 690. The Labute approximate surface area is 134 Å². The van der Waals surface area contributed by atoms with Crippen LogP contribution in [-0.2, 0) is 12.8 Å². The number of hydrogen-bond acceptors (Lipinski definition) is 3. The van der Waals surface area contributed by atoms with Gasteiger partial charge in [-0.25, -0.2) is 0 Å². The molecule has 1 aliphatic carbocycles. The molecule has 5 heteroatoms. The minimum atomic E-state index is -0.367. The largest absolute Gasteiger partial charge is 0.391 e. The van der Waals surface area contributed by atoms with Crippen molar-refractivity contribution in [3.8, 4) is 5.00 Å². The molecule has 0 spiro atoms. The normalized spacial score (nSPS) is 21.1. The molecule has 2 aliphatic rings. The predicted molar refractivity (Wildman–Crippen MR) is 86.8 cm³/mol. The molecule has 2 aromatic rings. The Hall–Kier alpha value is -1.59. The highest BCUT2D eigenvalue weighted by molar-refractivity contribution is 7.15. The molecule has 0 saturated carbocycles. The van der Waals surface area contributed by atoms with Crippen LogP contribution < -0.4 is 0 Å². The number of rotatable bonds is 2. The zero-order chi connectivity index (χ0) is 15.1. The van der Waals surface area contributed by atoms with Gasteiger partial charge in [-0.05, 0) is 49.8 Å². The summed E-state index contributed by atoms with van der Waals surface area (Å²) in [7, 11) is 0. The van der Waals surface area contributed by atoms with Gasteiger partial charge in [0.1, 0.15) is 5.00 Å². The van der Waals surface area contributed by atoms with Crippen LogP contribution in [0.2, 0.25) is 0 Å². The summed E-state index contributed by atoms with van der Waals surface area (Å²) in [5.74, 6) is 0.0969. The van der Waals surface area contributed by atoms with Crippen molar-refractivity contribution in [2.24, 2.45) is 0 Å². The molecule has 4 rings (SSSR count). The van der Waals surface area contributed by atoms with E-state index in [9.17, 15) is 9.90 Å². The third-order valence-electron chi connectivity index (χ3n) is 4.66. The second-order valence-corrected chi connectivity index (χ2v) is 7.26. The van der Waals surface area contributed by atoms with Crippen LogP contribution in [0.15, 0.2) is 24.5 Å². The van der Waals surface area contributed by atoms with Crippen molar-refractivity contribution in [2.75, 3.05) is 13.1 Å². The topological polar surface area (TPSA) is 45.5 Å². The molecule has 1 fully saturated rings. The first-order valence-corrected chi connectivity index (χ1v) is 8.81. The summed E-state index contributed by atoms with van der Waals surface area (Å²) in [5, 5.41) is 10.8. The van der Waals surface area contributed by atoms with Gasteiger partial charge in [0.05, 0.1) is 11.7 Å². The first-order valence-electron chi connectivity index (χ1n) is 7.99. The summed E-state index contributed by atoms with van der Waals surface area (Å²) in [6.45, 7) is 1.13. The maximum Gasteiger partial charge on any atom is 0.257 e. The third-order valence-corrected chi connectivity index (χ3v) is 5.96. The van der Waals surface area contributed by atoms with Crippen LogP contribution >= 0.6 is 11.3 Å². The van der Waals surface area contributed by atoms with Crippen LogP contribution in [0, 0.1) is 0 Å². The van der Waals surface area contributed by atoms with Crippen LogP contribution in [-0.4, -0.2) is 39.7 Å². The molecular formula is C17H20N2O2S. The number of hydrogen-bond donors (Lipinski definition) is 1. The van der Waals surface area contributed by atoms with E-state index in [1.54, 1.807) is 11.3 Å². The Balaban J connectivity index is 1.79. The number of fused-ring (bicyclic) bond motifs is 1. The lowest BCUT2D eigenvalue weighted by molar-refractivity contribution is 0.0764. The summed E-state index contributed by atoms with van der Waals surface area (Å²) >= 11 is 1.76. The number of amides is 1. The summed E-state index contributed by atoms with van der Waals surface area (Å²) in [4.78, 5) is 16.2. The van der Waals surface area contributed by atoms with Gasteiger partial charge < -0.3 is 14.6 Å². The Morgan fingerprint density at radius 2 is 2.00 bits per heavy atom. The SMILES string of the molecule is O=C(c1c(-n2cccc2)sc2c1CCCC2)N1CC[C@H](O)C1. The molecule has 22 heavy (non-hydrogen) atoms. The van der Waals surface area contributed by atoms with Crippen molar-refractivity contribution < 1.29 is 9.90 Å². The Morgan fingerprint density at radius 1 is 1.23 bits per heavy atom. The highest BCUT2D eigenvalue weighted by Gasteiger charge is 2.32. The van der Waals surface area contributed by atoms with Crippen molar-refractivity contribution in [3.63, 3.8) is 0 Å². The van der Waals surface area contributed by atoms with Gasteiger partial charge in [-0.1, -0.05) is 0 Å². The third kappa shape index (κ3) is 2.29. The Kier molecular flexibility index (Phi) is 3.54. The van der Waals surface area contributed by atoms with E-state index in [0.29, 0.717) is 19.5 Å². The van der Waals surface area contributed by atoms with Gasteiger partial charge in [0, 0.05) is 30.4 Å². The molecule has 1 N–H and O–H groups in total. The molecule has 4 nitrogen and oxygen atoms in total. The first kappa shape index (κ1) is 14.0. The van der Waals surface area contributed by atoms with Gasteiger partial charge in [0.15, 0.2) is 0 Å². The zero-order valence-corrected chi connectivity index (χ0v) is 13.3. The number of thiophene rings is 1. The number of nitrogens with zero attached hydrogens (tertiary/aromatic N) is 2. The van der Waals surface area contributed by atoms with Gasteiger partial charge in [-0.2, -0.15) is 0 Å². The van der Waals surface area contributed by atoms with Crippen molar-refractivity contribution in [1.82, 2.24) is 9.47 Å². The van der Waals surface area contributed by atoms with Gasteiger partial charge >= 0.3 is 0 Å². The van der Waals surface area contributed by atoms with Gasteiger partial charge in [0.25, 0.3) is 5.91 Å². The van der Waals surface area contributed by atoms with E-state index in [1.165, 1.54) is 16.9 Å². The van der Waals surface area contributed by atoms with E-state index in [1.807, 2.05) is 29.4 Å². The molecule has 1 atom stereocenters. The maximum absolute atomic E-state index is 13.0. The molecule has 116 valence electrons. The van der Waals surface area contributed by atoms with Crippen LogP contribution in [0.5, 0.6) is 0 Å². The number of carbonyl (C=O) groups excluding carboxylic acids is 1. The molecular weight excluding hydrogens is 296 g/mol. The second-order valence-electron chi connectivity index (χ2n) is 6.18. The fourth-order valence-corrected chi connectivity index (χ4v) is 4.85. The fourth-order valence-electron chi connectivity index (χ4n) is 3.51. The van der Waals surface area contributed by atoms with E-state index >= 15 is 0 Å². The number of carbonyl (C=O) groups is 1. The number of aliphatic hydroxyl groups is 1. The summed E-state index contributed by atoms with van der Waals surface area (Å²) < 4.78 is 2.06. The number of aryl methyl sites for hydroxylation is 1. The van der Waals surface area contributed by atoms with Crippen molar-refractivity contribution >= 4 is 17.2 Å². The van der Waals surface area contributed by atoms with E-state index < -0.39 is 0 Å². The summed E-state index contributed by atoms with van der Waals surface area (Å²) in [6, 6.07) is 3.99. The van der Waals surface area contributed by atoms with Crippen molar-refractivity contribution in [2.45, 2.75) is 38.2 Å². The fraction of sp³-hybridized carbons (Fsp3) is 0.471. The lowest BCUT2D eigenvalue weighted by Crippen LogP contribution is -2.30. The quantitative estimate of drug-likeness (QED) is 0.926. The lowest BCUT2D eigenvalue weighted by Gasteiger charge is -2.19. The first-order chi connectivity index (χ1) is 10.7. The smallest absolute Gasteiger partial charge is 0.257 e. The highest BCUT2D eigenvalue weighted by atomic mass is 32.1. The minimum absolute atomic E-state index is 0.0969. The highest BCUT2D eigenvalue weighted by Crippen LogP contribution is 2.38. The summed E-state index contributed by atoms with van der Waals surface area (Å²) in [6.07, 6.45) is 8.81. The molecule has 1 aliphatic heterocycles. The number of β-amino-alcohol motifs (C(OH)–C–C–N with tert-alkyl or cyclic N) is 1. The van der Waals surface area contributed by atoms with Crippen LogP contribution in [0.1, 0.15) is 40.1 Å². The number of likely N-dealkylation sites (tertiary alicyclic amines) is 1. The molecule has 3 heterocycles. The molecule has 0 aromatic carbocycles. The molecule has 0 bridgehead atoms. The van der Waals surface area contributed by atoms with Gasteiger partial charge in [-0.15, -0.1) is 11.3 Å². The zero-order valence-electron chi connectivity index (χ0n) is 12.5. The minimum Gasteiger partial charge on any atom is -0.391 e. The number of aromatic nitrogens is 1. The van der Waals surface area contributed by atoms with E-state index in [2.05, 4.69) is 4.57 Å². The van der Waals surface area contributed by atoms with E-state index in [-0.39, 0.29) is 12.0 Å². The summed E-state index contributed by atoms with van der Waals surface area (Å²) in [5.41, 5.74) is 2.14. The lowest BCUT2D eigenvalue weighted by atomic mass is 9.95. The van der Waals surface area contributed by atoms with E-state index in [0.717, 1.165) is 29.8 Å². The standard InChI is InChI=1S/C17H20N2O2S/c20-12-7-10-19(11-12)16(21)15-13-5-1-2-6-14(13)22-17(15)18-8-3-4-9-18/h3-4,8-9,12,20H,1-2,5-7,10-11H2/t12-/m0/s1. The predicted octanol–water partition coefficient (Wildman–Crippen LogP) is 2.62. The van der Waals surface area contributed by atoms with Crippen LogP contribution in [0.4, 0.5) is 0 Å². The Morgan fingerprint density at radius 3 is 2.73 bits per heavy atom. The average Bonchev–Trinajstić information content (AvgIpc) is 3.25. The number of aliphatic hydroxyl groups excluding tert-OH is 1. The van der Waals surface area contributed by atoms with E-state index in [4.69, 9.17) is 0 Å².